The minimum absolute atomic E-state index is 0. The quantitative estimate of drug-likeness (QED) is 0.642. The lowest BCUT2D eigenvalue weighted by molar-refractivity contribution is -0.384. The molecule has 0 aromatic heterocycles. The Kier molecular flexibility index (Phi) is 6.39. The number of nitrogens with two attached hydrogens (primary N) is 1. The molecule has 0 saturated carbocycles. The molecule has 0 bridgehead atoms. The Morgan fingerprint density at radius 1 is 1.52 bits per heavy atom. The molecule has 0 spiro atoms. The number of benzene rings is 1. The number of hydrogen-bond acceptors (Lipinski definition) is 5. The summed E-state index contributed by atoms with van der Waals surface area (Å²) >= 11 is 0. The molecule has 1 atom stereocenters. The molecule has 2 rings (SSSR count). The van der Waals surface area contributed by atoms with Crippen molar-refractivity contribution in [2.45, 2.75) is 13.3 Å². The summed E-state index contributed by atoms with van der Waals surface area (Å²) in [5.74, 6) is 0.542. The first-order chi connectivity index (χ1) is 9.52. The second kappa shape index (κ2) is 7.59. The third-order valence-electron chi connectivity index (χ3n) is 3.83. The van der Waals surface area contributed by atoms with Crippen LogP contribution in [0.2, 0.25) is 0 Å². The average Bonchev–Trinajstić information content (AvgIpc) is 2.82. The molecule has 1 aromatic rings. The maximum Gasteiger partial charge on any atom is 0.273 e. The standard InChI is InChI=1S/C14H21N3O3.ClH/c1-14(10-15)5-6-16(11-14)7-8-20-13-4-2-3-12(9-13)17(18)19;/h2-4,9H,5-8,10-11,15H2,1H3;1H. The SMILES string of the molecule is CC1(CN)CCN(CCOc2cccc([N+](=O)[O-])c2)C1.Cl. The Balaban J connectivity index is 0.00000220. The van der Waals surface area contributed by atoms with E-state index in [0.29, 0.717) is 18.9 Å². The van der Waals surface area contributed by atoms with Crippen molar-refractivity contribution in [3.63, 3.8) is 0 Å². The summed E-state index contributed by atoms with van der Waals surface area (Å²) in [7, 11) is 0. The van der Waals surface area contributed by atoms with Crippen LogP contribution in [0.3, 0.4) is 0 Å². The Morgan fingerprint density at radius 3 is 2.90 bits per heavy atom. The van der Waals surface area contributed by atoms with Crippen molar-refractivity contribution in [2.75, 3.05) is 32.8 Å². The molecule has 1 aromatic carbocycles. The third-order valence-corrected chi connectivity index (χ3v) is 3.83. The Hall–Kier alpha value is -1.37. The number of hydrogen-bond donors (Lipinski definition) is 1. The van der Waals surface area contributed by atoms with Gasteiger partial charge in [0.2, 0.25) is 0 Å². The summed E-state index contributed by atoms with van der Waals surface area (Å²) < 4.78 is 5.58. The average molecular weight is 316 g/mol. The molecule has 1 saturated heterocycles. The number of nitro groups is 1. The molecule has 1 fully saturated rings. The van der Waals surface area contributed by atoms with Crippen molar-refractivity contribution in [1.29, 1.82) is 0 Å². The zero-order valence-electron chi connectivity index (χ0n) is 12.2. The van der Waals surface area contributed by atoms with Gasteiger partial charge in [0.15, 0.2) is 0 Å². The zero-order valence-corrected chi connectivity index (χ0v) is 13.0. The highest BCUT2D eigenvalue weighted by Crippen LogP contribution is 2.28. The monoisotopic (exact) mass is 315 g/mol. The first-order valence-electron chi connectivity index (χ1n) is 6.82. The van der Waals surface area contributed by atoms with Gasteiger partial charge in [-0.3, -0.25) is 15.0 Å². The molecule has 7 heteroatoms. The smallest absolute Gasteiger partial charge is 0.273 e. The van der Waals surface area contributed by atoms with Gasteiger partial charge in [-0.25, -0.2) is 0 Å². The van der Waals surface area contributed by atoms with Gasteiger partial charge in [0.05, 0.1) is 11.0 Å². The molecule has 1 heterocycles. The van der Waals surface area contributed by atoms with Gasteiger partial charge in [-0.2, -0.15) is 0 Å². The summed E-state index contributed by atoms with van der Waals surface area (Å²) in [6.45, 7) is 6.28. The number of likely N-dealkylation sites (tertiary alicyclic amines) is 1. The van der Waals surface area contributed by atoms with Crippen molar-refractivity contribution >= 4 is 18.1 Å². The molecule has 21 heavy (non-hydrogen) atoms. The van der Waals surface area contributed by atoms with E-state index in [-0.39, 0.29) is 23.5 Å². The lowest BCUT2D eigenvalue weighted by Crippen LogP contribution is -2.33. The van der Waals surface area contributed by atoms with Gasteiger partial charge in [0.25, 0.3) is 5.69 Å². The Labute approximate surface area is 130 Å². The van der Waals surface area contributed by atoms with E-state index in [4.69, 9.17) is 10.5 Å². The van der Waals surface area contributed by atoms with E-state index in [1.807, 2.05) is 0 Å². The van der Waals surface area contributed by atoms with Crippen LogP contribution in [0.4, 0.5) is 5.69 Å². The van der Waals surface area contributed by atoms with Gasteiger partial charge in [-0.05, 0) is 31.0 Å². The summed E-state index contributed by atoms with van der Waals surface area (Å²) in [5, 5.41) is 10.7. The molecule has 0 amide bonds. The minimum atomic E-state index is -0.417. The van der Waals surface area contributed by atoms with Crippen molar-refractivity contribution in [1.82, 2.24) is 4.90 Å². The Morgan fingerprint density at radius 2 is 2.29 bits per heavy atom. The van der Waals surface area contributed by atoms with Crippen molar-refractivity contribution in [3.8, 4) is 5.75 Å². The fraction of sp³-hybridized carbons (Fsp3) is 0.571. The maximum atomic E-state index is 10.7. The van der Waals surface area contributed by atoms with E-state index in [2.05, 4.69) is 11.8 Å². The van der Waals surface area contributed by atoms with E-state index in [9.17, 15) is 10.1 Å². The van der Waals surface area contributed by atoms with E-state index < -0.39 is 4.92 Å². The maximum absolute atomic E-state index is 10.7. The second-order valence-electron chi connectivity index (χ2n) is 5.64. The molecular formula is C14H22ClN3O3. The summed E-state index contributed by atoms with van der Waals surface area (Å²) in [6.07, 6.45) is 1.11. The molecule has 0 aliphatic carbocycles. The van der Waals surface area contributed by atoms with Crippen LogP contribution in [0.15, 0.2) is 24.3 Å². The van der Waals surface area contributed by atoms with E-state index >= 15 is 0 Å². The molecule has 2 N–H and O–H groups in total. The highest BCUT2D eigenvalue weighted by molar-refractivity contribution is 5.85. The van der Waals surface area contributed by atoms with Crippen LogP contribution in [0.5, 0.6) is 5.75 Å². The van der Waals surface area contributed by atoms with Crippen LogP contribution < -0.4 is 10.5 Å². The number of halogens is 1. The number of nitro benzene ring substituents is 1. The lowest BCUT2D eigenvalue weighted by Gasteiger charge is -2.22. The van der Waals surface area contributed by atoms with Crippen LogP contribution in [-0.2, 0) is 0 Å². The van der Waals surface area contributed by atoms with Crippen LogP contribution in [-0.4, -0.2) is 42.6 Å². The number of ether oxygens (including phenoxy) is 1. The molecular weight excluding hydrogens is 294 g/mol. The van der Waals surface area contributed by atoms with Crippen molar-refractivity contribution in [3.05, 3.63) is 34.4 Å². The third kappa shape index (κ3) is 4.84. The van der Waals surface area contributed by atoms with Gasteiger partial charge < -0.3 is 10.5 Å². The minimum Gasteiger partial charge on any atom is -0.492 e. The predicted molar refractivity (Wildman–Crippen MR) is 84.1 cm³/mol. The predicted octanol–water partition coefficient (Wildman–Crippen LogP) is 2.07. The second-order valence-corrected chi connectivity index (χ2v) is 5.64. The summed E-state index contributed by atoms with van der Waals surface area (Å²) in [4.78, 5) is 12.6. The summed E-state index contributed by atoms with van der Waals surface area (Å²) in [5.41, 5.74) is 6.04. The molecule has 6 nitrogen and oxygen atoms in total. The van der Waals surface area contributed by atoms with Crippen LogP contribution >= 0.6 is 12.4 Å². The van der Waals surface area contributed by atoms with E-state index in [1.165, 1.54) is 12.1 Å². The van der Waals surface area contributed by atoms with Gasteiger partial charge in [0, 0.05) is 19.2 Å². The van der Waals surface area contributed by atoms with Gasteiger partial charge in [0.1, 0.15) is 12.4 Å². The number of non-ortho nitro benzene ring substituents is 1. The fourth-order valence-electron chi connectivity index (χ4n) is 2.46. The zero-order chi connectivity index (χ0) is 14.6. The van der Waals surface area contributed by atoms with E-state index in [1.54, 1.807) is 12.1 Å². The van der Waals surface area contributed by atoms with Crippen LogP contribution in [0, 0.1) is 15.5 Å². The molecule has 0 radical (unpaired) electrons. The number of nitrogens with zero attached hydrogens (tertiary/aromatic N) is 2. The van der Waals surface area contributed by atoms with E-state index in [0.717, 1.165) is 26.1 Å². The van der Waals surface area contributed by atoms with Crippen molar-refractivity contribution in [2.24, 2.45) is 11.1 Å². The molecule has 1 unspecified atom stereocenters. The topological polar surface area (TPSA) is 81.6 Å². The number of rotatable bonds is 6. The Bertz CT molecular complexity index is 486. The van der Waals surface area contributed by atoms with Gasteiger partial charge in [-0.1, -0.05) is 13.0 Å². The normalized spacial score (nSPS) is 21.8. The summed E-state index contributed by atoms with van der Waals surface area (Å²) in [6, 6.07) is 6.28. The highest BCUT2D eigenvalue weighted by Gasteiger charge is 2.31. The van der Waals surface area contributed by atoms with Gasteiger partial charge >= 0.3 is 0 Å². The largest absolute Gasteiger partial charge is 0.492 e. The molecule has 1 aliphatic heterocycles. The lowest BCUT2D eigenvalue weighted by atomic mass is 9.90. The fourth-order valence-corrected chi connectivity index (χ4v) is 2.46. The van der Waals surface area contributed by atoms with Crippen LogP contribution in [0.25, 0.3) is 0 Å². The first kappa shape index (κ1) is 17.7. The van der Waals surface area contributed by atoms with Crippen LogP contribution in [0.1, 0.15) is 13.3 Å². The van der Waals surface area contributed by atoms with Gasteiger partial charge in [-0.15, -0.1) is 12.4 Å². The van der Waals surface area contributed by atoms with Crippen molar-refractivity contribution < 1.29 is 9.66 Å². The molecule has 1 aliphatic rings. The molecule has 118 valence electrons. The highest BCUT2D eigenvalue weighted by atomic mass is 35.5. The first-order valence-corrected chi connectivity index (χ1v) is 6.82.